The molecule has 0 amide bonds. The van der Waals surface area contributed by atoms with E-state index in [1.165, 1.54) is 0 Å². The van der Waals surface area contributed by atoms with E-state index in [2.05, 4.69) is 10.2 Å². The highest BCUT2D eigenvalue weighted by atomic mass is 16.5. The number of azo groups is 2. The fourth-order valence-electron chi connectivity index (χ4n) is 4.58. The molecule has 0 saturated heterocycles. The first-order valence-electron chi connectivity index (χ1n) is 15.2. The fourth-order valence-corrected chi connectivity index (χ4v) is 4.58. The molecule has 0 fully saturated rings. The summed E-state index contributed by atoms with van der Waals surface area (Å²) < 4.78 is 37.8. The third kappa shape index (κ3) is 10.7. The van der Waals surface area contributed by atoms with Gasteiger partial charge in [-0.3, -0.25) is 4.79 Å². The number of hydrazone groups is 1. The number of carbonyl (C=O) groups excluding carboxylic acids is 1. The van der Waals surface area contributed by atoms with Crippen molar-refractivity contribution < 1.29 is 43.0 Å². The number of ether oxygens (including phenoxy) is 6. The Balaban J connectivity index is 1.87. The van der Waals surface area contributed by atoms with Crippen molar-refractivity contribution in [2.24, 2.45) is 10.2 Å². The van der Waals surface area contributed by atoms with Crippen LogP contribution in [0.25, 0.3) is 17.3 Å². The zero-order chi connectivity index (χ0) is 33.3. The third-order valence-electron chi connectivity index (χ3n) is 6.82. The number of rotatable bonds is 22. The molecule has 14 heteroatoms. The first-order chi connectivity index (χ1) is 22.3. The van der Waals surface area contributed by atoms with Crippen LogP contribution in [-0.2, 0) is 46.3 Å². The van der Waals surface area contributed by atoms with Gasteiger partial charge in [0.05, 0.1) is 94.4 Å². The molecule has 0 spiro atoms. The lowest BCUT2D eigenvalue weighted by molar-refractivity contribution is -0.530. The first-order valence-corrected chi connectivity index (χ1v) is 15.2. The van der Waals surface area contributed by atoms with Crippen LogP contribution in [0.4, 0.5) is 0 Å². The predicted molar refractivity (Wildman–Crippen MR) is 171 cm³/mol. The highest BCUT2D eigenvalue weighted by Crippen LogP contribution is 2.35. The topological polar surface area (TPSA) is 136 Å². The largest absolute Gasteiger partial charge is 0.871 e. The minimum absolute atomic E-state index is 0.142. The molecular formula is C32H48N6O8. The van der Waals surface area contributed by atoms with E-state index in [-0.39, 0.29) is 22.7 Å². The Kier molecular flexibility index (Phi) is 15.8. The second-order valence-electron chi connectivity index (χ2n) is 10.6. The van der Waals surface area contributed by atoms with Gasteiger partial charge in [-0.05, 0) is 29.4 Å². The van der Waals surface area contributed by atoms with Crippen molar-refractivity contribution >= 4 is 29.3 Å². The fraction of sp³-hybridized carbons (Fsp3) is 0.562. The van der Waals surface area contributed by atoms with Crippen LogP contribution in [-0.4, -0.2) is 139 Å². The first kappa shape index (κ1) is 36.8. The van der Waals surface area contributed by atoms with E-state index in [4.69, 9.17) is 28.4 Å². The molecule has 14 nitrogen and oxygen atoms in total. The van der Waals surface area contributed by atoms with Crippen molar-refractivity contribution in [1.29, 1.82) is 0 Å². The van der Waals surface area contributed by atoms with Gasteiger partial charge < -0.3 is 47.7 Å². The summed E-state index contributed by atoms with van der Waals surface area (Å²) in [5.41, 5.74) is 1.56. The van der Waals surface area contributed by atoms with Gasteiger partial charge >= 0.3 is 0 Å². The van der Waals surface area contributed by atoms with E-state index in [0.717, 1.165) is 11.0 Å². The van der Waals surface area contributed by atoms with Crippen LogP contribution >= 0.6 is 0 Å². The van der Waals surface area contributed by atoms with Crippen molar-refractivity contribution in [2.45, 2.75) is 13.1 Å². The molecule has 0 N–H and O–H groups in total. The molecule has 0 aliphatic heterocycles. The normalized spacial score (nSPS) is 14.9. The van der Waals surface area contributed by atoms with Crippen LogP contribution < -0.4 is 15.8 Å². The maximum atomic E-state index is 13.7. The maximum absolute atomic E-state index is 13.7. The number of nitrogens with zero attached hydrogens (tertiary/aromatic N) is 6. The van der Waals surface area contributed by atoms with Gasteiger partial charge in [-0.25, -0.2) is 0 Å². The van der Waals surface area contributed by atoms with Crippen LogP contribution in [0, 0.1) is 0 Å². The number of ketones is 1. The smallest absolute Gasteiger partial charge is 0.196 e. The summed E-state index contributed by atoms with van der Waals surface area (Å²) in [6.07, 6.45) is 3.39. The van der Waals surface area contributed by atoms with Gasteiger partial charge in [0.15, 0.2) is 19.9 Å². The average molecular weight is 645 g/mol. The lowest BCUT2D eigenvalue weighted by Gasteiger charge is -2.31. The van der Waals surface area contributed by atoms with Crippen LogP contribution in [0.3, 0.4) is 0 Å². The minimum atomic E-state index is -0.309. The third-order valence-corrected chi connectivity index (χ3v) is 6.82. The number of carbonyl (C=O) groups is 1. The van der Waals surface area contributed by atoms with Crippen LogP contribution in [0.2, 0.25) is 0 Å². The highest BCUT2D eigenvalue weighted by Gasteiger charge is 2.32. The van der Waals surface area contributed by atoms with Crippen LogP contribution in [0.15, 0.2) is 40.2 Å². The second kappa shape index (κ2) is 19.8. The molecule has 0 bridgehead atoms. The van der Waals surface area contributed by atoms with E-state index in [1.54, 1.807) is 48.5 Å². The van der Waals surface area contributed by atoms with Crippen molar-refractivity contribution in [3.63, 3.8) is 0 Å². The molecule has 1 aliphatic carbocycles. The Morgan fingerprint density at radius 3 is 1.89 bits per heavy atom. The summed E-state index contributed by atoms with van der Waals surface area (Å²) in [6.45, 7) is 5.31. The van der Waals surface area contributed by atoms with E-state index in [0.29, 0.717) is 90.2 Å². The summed E-state index contributed by atoms with van der Waals surface area (Å²) >= 11 is 0. The Bertz CT molecular complexity index is 1470. The van der Waals surface area contributed by atoms with Gasteiger partial charge in [-0.15, -0.1) is 4.70 Å². The van der Waals surface area contributed by atoms with E-state index in [9.17, 15) is 9.90 Å². The van der Waals surface area contributed by atoms with Gasteiger partial charge in [0, 0.05) is 52.6 Å². The van der Waals surface area contributed by atoms with E-state index >= 15 is 0 Å². The standard InChI is InChI=1S/C32H48N6O8/c1-35(2)33-23-25-7-9-27(37(25)11-13-43-19-21-45-17-15-41-5)29-31(39)30(32(29)40)28-10-8-26(24-34-36(3)4)38(28)12-14-44-20-22-46-18-16-42-6/h7-10,23-24H,11-22H2,1-6H3. The Morgan fingerprint density at radius 2 is 1.35 bits per heavy atom. The SMILES string of the molecule is COCCOCCOCCn1c(/C=N\N(C)C)ccc1C1=C([O-])/C(=c2\cc/c(=C/N=[N+](C)C)n2CCOCCOCCOC)C1=O. The van der Waals surface area contributed by atoms with E-state index in [1.807, 2.05) is 49.5 Å². The lowest BCUT2D eigenvalue weighted by Crippen LogP contribution is -2.39. The molecule has 0 radical (unpaired) electrons. The van der Waals surface area contributed by atoms with Gasteiger partial charge in [-0.2, -0.15) is 5.10 Å². The summed E-state index contributed by atoms with van der Waals surface area (Å²) in [4.78, 5) is 13.7. The van der Waals surface area contributed by atoms with Gasteiger partial charge in [0.1, 0.15) is 6.20 Å². The average Bonchev–Trinajstić information content (AvgIpc) is 3.60. The number of hydrogen-bond acceptors (Lipinski definition) is 11. The number of methoxy groups -OCH3 is 2. The number of aromatic nitrogens is 2. The highest BCUT2D eigenvalue weighted by molar-refractivity contribution is 6.51. The Hall–Kier alpha value is -3.66. The molecular weight excluding hydrogens is 596 g/mol. The molecule has 2 heterocycles. The quantitative estimate of drug-likeness (QED) is 0.0547. The zero-order valence-corrected chi connectivity index (χ0v) is 27.9. The van der Waals surface area contributed by atoms with Crippen LogP contribution in [0.5, 0.6) is 0 Å². The van der Waals surface area contributed by atoms with Crippen LogP contribution in [0.1, 0.15) is 11.4 Å². The predicted octanol–water partition coefficient (Wildman–Crippen LogP) is -0.488. The maximum Gasteiger partial charge on any atom is 0.196 e. The van der Waals surface area contributed by atoms with Gasteiger partial charge in [0.2, 0.25) is 0 Å². The van der Waals surface area contributed by atoms with Gasteiger partial charge in [0.25, 0.3) is 0 Å². The summed E-state index contributed by atoms with van der Waals surface area (Å²) in [6, 6.07) is 7.25. The molecule has 46 heavy (non-hydrogen) atoms. The molecule has 0 aromatic carbocycles. The summed E-state index contributed by atoms with van der Waals surface area (Å²) in [5.74, 6) is -0.619. The second-order valence-corrected chi connectivity index (χ2v) is 10.6. The number of hydrogen-bond donors (Lipinski definition) is 0. The number of allylic oxidation sites excluding steroid dienone is 2. The van der Waals surface area contributed by atoms with Crippen molar-refractivity contribution in [2.75, 3.05) is 108 Å². The molecule has 0 atom stereocenters. The van der Waals surface area contributed by atoms with Crippen molar-refractivity contribution in [3.05, 3.63) is 52.1 Å². The molecule has 0 unspecified atom stereocenters. The Morgan fingerprint density at radius 1 is 0.783 bits per heavy atom. The molecule has 3 rings (SSSR count). The lowest BCUT2D eigenvalue weighted by atomic mass is 9.85. The van der Waals surface area contributed by atoms with Crippen molar-refractivity contribution in [3.8, 4) is 0 Å². The number of Topliss-reactive ketones (excluding diaryl/α,β-unsaturated/α-hetero) is 1. The monoisotopic (exact) mass is 644 g/mol. The minimum Gasteiger partial charge on any atom is -0.871 e. The molecule has 0 saturated carbocycles. The summed E-state index contributed by atoms with van der Waals surface area (Å²) in [7, 11) is 10.5. The molecule has 2 aromatic heterocycles. The Labute approximate surface area is 270 Å². The molecule has 1 aliphatic rings. The van der Waals surface area contributed by atoms with E-state index < -0.39 is 0 Å². The summed E-state index contributed by atoms with van der Waals surface area (Å²) in [5, 5.41) is 25.4. The molecule has 254 valence electrons. The zero-order valence-electron chi connectivity index (χ0n) is 27.9. The molecule has 2 aromatic rings. The van der Waals surface area contributed by atoms with Gasteiger partial charge in [-0.1, -0.05) is 5.76 Å². The van der Waals surface area contributed by atoms with Crippen molar-refractivity contribution in [1.82, 2.24) is 14.1 Å².